The zero-order chi connectivity index (χ0) is 15.3. The van der Waals surface area contributed by atoms with Gasteiger partial charge in [0.25, 0.3) is 0 Å². The van der Waals surface area contributed by atoms with Crippen molar-refractivity contribution in [2.24, 2.45) is 0 Å². The van der Waals surface area contributed by atoms with Crippen LogP contribution in [0.5, 0.6) is 0 Å². The van der Waals surface area contributed by atoms with Crippen LogP contribution in [0.1, 0.15) is 32.6 Å². The minimum atomic E-state index is -1.25. The minimum absolute atomic E-state index is 0.162. The van der Waals surface area contributed by atoms with E-state index in [1.165, 1.54) is 12.3 Å². The molecule has 0 aliphatic rings. The largest absolute Gasteiger partial charge is 0.444 e. The van der Waals surface area contributed by atoms with Gasteiger partial charge in [-0.25, -0.2) is 4.79 Å². The molecule has 7 heteroatoms. The summed E-state index contributed by atoms with van der Waals surface area (Å²) in [4.78, 5) is 15.3. The molecule has 1 aromatic heterocycles. The third-order valence-electron chi connectivity index (χ3n) is 2.27. The number of carbonyl (C=O) groups is 1. The third-order valence-corrected chi connectivity index (χ3v) is 2.50. The lowest BCUT2D eigenvalue weighted by atomic mass is 10.1. The normalized spacial score (nSPS) is 14.5. The molecule has 1 aromatic rings. The van der Waals surface area contributed by atoms with Crippen molar-refractivity contribution in [2.75, 3.05) is 6.54 Å². The molecule has 2 atom stereocenters. The zero-order valence-electron chi connectivity index (χ0n) is 11.6. The zero-order valence-corrected chi connectivity index (χ0v) is 12.4. The van der Waals surface area contributed by atoms with Crippen LogP contribution in [-0.2, 0) is 4.74 Å². The Balaban J connectivity index is 2.50. The fourth-order valence-corrected chi connectivity index (χ4v) is 1.56. The van der Waals surface area contributed by atoms with Gasteiger partial charge in [0, 0.05) is 17.8 Å². The predicted molar refractivity (Wildman–Crippen MR) is 74.5 cm³/mol. The van der Waals surface area contributed by atoms with Gasteiger partial charge in [-0.2, -0.15) is 0 Å². The van der Waals surface area contributed by atoms with E-state index >= 15 is 0 Å². The molecule has 0 aliphatic heterocycles. The Morgan fingerprint density at radius 3 is 2.70 bits per heavy atom. The van der Waals surface area contributed by atoms with Gasteiger partial charge in [-0.1, -0.05) is 11.6 Å². The second-order valence-electron chi connectivity index (χ2n) is 5.29. The average Bonchev–Trinajstić information content (AvgIpc) is 2.33. The van der Waals surface area contributed by atoms with E-state index in [-0.39, 0.29) is 12.2 Å². The van der Waals surface area contributed by atoms with Gasteiger partial charge >= 0.3 is 6.09 Å². The van der Waals surface area contributed by atoms with Crippen molar-refractivity contribution in [3.63, 3.8) is 0 Å². The van der Waals surface area contributed by atoms with Gasteiger partial charge in [0.2, 0.25) is 0 Å². The highest BCUT2D eigenvalue weighted by atomic mass is 35.5. The van der Waals surface area contributed by atoms with E-state index in [1.807, 2.05) is 0 Å². The SMILES string of the molecule is CC(C)(C)OC(=O)NCC(O)C(O)c1cc(Cl)ccn1. The molecule has 0 saturated carbocycles. The third kappa shape index (κ3) is 5.73. The summed E-state index contributed by atoms with van der Waals surface area (Å²) in [6, 6.07) is 3.01. The molecule has 6 nitrogen and oxygen atoms in total. The fraction of sp³-hybridized carbons (Fsp3) is 0.538. The number of rotatable bonds is 4. The van der Waals surface area contributed by atoms with Gasteiger partial charge in [0.1, 0.15) is 17.8 Å². The molecule has 112 valence electrons. The van der Waals surface area contributed by atoms with E-state index in [1.54, 1.807) is 26.8 Å². The molecule has 2 unspecified atom stereocenters. The number of halogens is 1. The molecule has 0 aliphatic carbocycles. The number of alkyl carbamates (subject to hydrolysis) is 1. The summed E-state index contributed by atoms with van der Waals surface area (Å²) in [5, 5.41) is 22.5. The molecule has 0 saturated heterocycles. The first kappa shape index (κ1) is 16.7. The standard InChI is InChI=1S/C13H19ClN2O4/c1-13(2,3)20-12(19)16-7-10(17)11(18)9-6-8(14)4-5-15-9/h4-6,10-11,17-18H,7H2,1-3H3,(H,16,19). The summed E-state index contributed by atoms with van der Waals surface area (Å²) >= 11 is 5.77. The van der Waals surface area contributed by atoms with E-state index in [4.69, 9.17) is 16.3 Å². The molecule has 1 amide bonds. The van der Waals surface area contributed by atoms with Crippen molar-refractivity contribution in [1.29, 1.82) is 0 Å². The number of hydrogen-bond acceptors (Lipinski definition) is 5. The average molecular weight is 303 g/mol. The van der Waals surface area contributed by atoms with Crippen molar-refractivity contribution in [2.45, 2.75) is 38.6 Å². The quantitative estimate of drug-likeness (QED) is 0.786. The first-order valence-corrected chi connectivity index (χ1v) is 6.51. The van der Waals surface area contributed by atoms with Crippen LogP contribution < -0.4 is 5.32 Å². The minimum Gasteiger partial charge on any atom is -0.444 e. The van der Waals surface area contributed by atoms with Crippen LogP contribution in [0.4, 0.5) is 4.79 Å². The van der Waals surface area contributed by atoms with Gasteiger partial charge in [0.15, 0.2) is 0 Å². The number of hydrogen-bond donors (Lipinski definition) is 3. The highest BCUT2D eigenvalue weighted by Gasteiger charge is 2.22. The van der Waals surface area contributed by atoms with Crippen LogP contribution in [0.3, 0.4) is 0 Å². The van der Waals surface area contributed by atoms with Crippen molar-refractivity contribution in [1.82, 2.24) is 10.3 Å². The maximum Gasteiger partial charge on any atom is 0.407 e. The molecule has 0 fully saturated rings. The highest BCUT2D eigenvalue weighted by Crippen LogP contribution is 2.17. The Morgan fingerprint density at radius 2 is 2.15 bits per heavy atom. The predicted octanol–water partition coefficient (Wildman–Crippen LogP) is 1.65. The van der Waals surface area contributed by atoms with Gasteiger partial charge in [0.05, 0.1) is 5.69 Å². The van der Waals surface area contributed by atoms with Gasteiger partial charge in [-0.15, -0.1) is 0 Å². The van der Waals surface area contributed by atoms with Crippen LogP contribution >= 0.6 is 11.6 Å². The Labute approximate surface area is 122 Å². The van der Waals surface area contributed by atoms with Crippen LogP contribution in [-0.4, -0.2) is 39.5 Å². The van der Waals surface area contributed by atoms with Crippen molar-refractivity contribution >= 4 is 17.7 Å². The number of nitrogens with one attached hydrogen (secondary N) is 1. The summed E-state index contributed by atoms with van der Waals surface area (Å²) in [5.74, 6) is 0. The van der Waals surface area contributed by atoms with Crippen molar-refractivity contribution < 1.29 is 19.7 Å². The van der Waals surface area contributed by atoms with Crippen molar-refractivity contribution in [3.05, 3.63) is 29.0 Å². The number of aliphatic hydroxyl groups excluding tert-OH is 2. The molecular formula is C13H19ClN2O4. The monoisotopic (exact) mass is 302 g/mol. The Kier molecular flexibility index (Phi) is 5.74. The Bertz CT molecular complexity index is 462. The molecular weight excluding hydrogens is 284 g/mol. The molecule has 0 radical (unpaired) electrons. The van der Waals surface area contributed by atoms with Gasteiger partial charge in [-0.3, -0.25) is 4.98 Å². The number of pyridine rings is 1. The summed E-state index contributed by atoms with van der Waals surface area (Å²) in [6.07, 6.45) is -1.70. The van der Waals surface area contributed by atoms with Crippen LogP contribution in [0.25, 0.3) is 0 Å². The van der Waals surface area contributed by atoms with Crippen molar-refractivity contribution in [3.8, 4) is 0 Å². The van der Waals surface area contributed by atoms with E-state index in [9.17, 15) is 15.0 Å². The summed E-state index contributed by atoms with van der Waals surface area (Å²) in [7, 11) is 0. The number of carbonyl (C=O) groups excluding carboxylic acids is 1. The molecule has 0 bridgehead atoms. The summed E-state index contributed by atoms with van der Waals surface area (Å²) < 4.78 is 5.01. The lowest BCUT2D eigenvalue weighted by Gasteiger charge is -2.22. The molecule has 3 N–H and O–H groups in total. The fourth-order valence-electron chi connectivity index (χ4n) is 1.39. The first-order valence-electron chi connectivity index (χ1n) is 6.13. The lowest BCUT2D eigenvalue weighted by Crippen LogP contribution is -2.39. The maximum absolute atomic E-state index is 11.4. The smallest absolute Gasteiger partial charge is 0.407 e. The summed E-state index contributed by atoms with van der Waals surface area (Å²) in [6.45, 7) is 5.03. The van der Waals surface area contributed by atoms with Gasteiger partial charge < -0.3 is 20.3 Å². The molecule has 0 spiro atoms. The number of ether oxygens (including phenoxy) is 1. The molecule has 20 heavy (non-hydrogen) atoms. The van der Waals surface area contributed by atoms with Crippen LogP contribution in [0, 0.1) is 0 Å². The molecule has 1 heterocycles. The van der Waals surface area contributed by atoms with Crippen LogP contribution in [0.15, 0.2) is 18.3 Å². The molecule has 1 rings (SSSR count). The van der Waals surface area contributed by atoms with Crippen LogP contribution in [0.2, 0.25) is 5.02 Å². The molecule has 0 aromatic carbocycles. The van der Waals surface area contributed by atoms with E-state index in [0.717, 1.165) is 0 Å². The van der Waals surface area contributed by atoms with E-state index in [0.29, 0.717) is 5.02 Å². The van der Waals surface area contributed by atoms with Gasteiger partial charge in [-0.05, 0) is 32.9 Å². The number of aliphatic hydroxyl groups is 2. The van der Waals surface area contributed by atoms with E-state index < -0.39 is 23.9 Å². The number of aromatic nitrogens is 1. The number of nitrogens with zero attached hydrogens (tertiary/aromatic N) is 1. The second kappa shape index (κ2) is 6.88. The maximum atomic E-state index is 11.4. The Morgan fingerprint density at radius 1 is 1.50 bits per heavy atom. The highest BCUT2D eigenvalue weighted by molar-refractivity contribution is 6.30. The summed E-state index contributed by atoms with van der Waals surface area (Å²) in [5.41, 5.74) is -0.390. The topological polar surface area (TPSA) is 91.7 Å². The van der Waals surface area contributed by atoms with E-state index in [2.05, 4.69) is 10.3 Å². The number of amides is 1. The lowest BCUT2D eigenvalue weighted by molar-refractivity contribution is 0.0109. The Hall–Kier alpha value is -1.37. The first-order chi connectivity index (χ1) is 9.19. The second-order valence-corrected chi connectivity index (χ2v) is 5.73.